The summed E-state index contributed by atoms with van der Waals surface area (Å²) < 4.78 is 4.92. The summed E-state index contributed by atoms with van der Waals surface area (Å²) >= 11 is 0. The SMILES string of the molecule is CC1CC(C)CN(CCN2CCOC2=O)C1. The van der Waals surface area contributed by atoms with E-state index in [0.717, 1.165) is 31.5 Å². The Morgan fingerprint density at radius 2 is 1.94 bits per heavy atom. The first-order chi connectivity index (χ1) is 7.65. The third-order valence-corrected chi connectivity index (χ3v) is 3.48. The molecule has 2 unspecified atom stereocenters. The lowest BCUT2D eigenvalue weighted by atomic mass is 9.92. The van der Waals surface area contributed by atoms with E-state index in [4.69, 9.17) is 4.74 Å². The highest BCUT2D eigenvalue weighted by Gasteiger charge is 2.25. The quantitative estimate of drug-likeness (QED) is 0.729. The van der Waals surface area contributed by atoms with Gasteiger partial charge in [0.15, 0.2) is 0 Å². The average Bonchev–Trinajstić information content (AvgIpc) is 2.59. The summed E-state index contributed by atoms with van der Waals surface area (Å²) in [5, 5.41) is 0. The molecule has 2 atom stereocenters. The molecule has 2 aliphatic heterocycles. The fraction of sp³-hybridized carbons (Fsp3) is 0.917. The van der Waals surface area contributed by atoms with Gasteiger partial charge in [-0.15, -0.1) is 0 Å². The van der Waals surface area contributed by atoms with Gasteiger partial charge in [-0.05, 0) is 18.3 Å². The number of piperidine rings is 1. The van der Waals surface area contributed by atoms with Crippen LogP contribution in [0.15, 0.2) is 0 Å². The van der Waals surface area contributed by atoms with E-state index in [1.54, 1.807) is 0 Å². The minimum absolute atomic E-state index is 0.141. The van der Waals surface area contributed by atoms with E-state index in [2.05, 4.69) is 18.7 Å². The van der Waals surface area contributed by atoms with E-state index in [0.29, 0.717) is 6.61 Å². The molecule has 0 aromatic heterocycles. The second-order valence-corrected chi connectivity index (χ2v) is 5.31. The van der Waals surface area contributed by atoms with Crippen LogP contribution in [-0.2, 0) is 4.74 Å². The molecule has 4 nitrogen and oxygen atoms in total. The molecule has 0 bridgehead atoms. The van der Waals surface area contributed by atoms with Gasteiger partial charge in [0.05, 0.1) is 6.54 Å². The summed E-state index contributed by atoms with van der Waals surface area (Å²) in [4.78, 5) is 15.5. The Morgan fingerprint density at radius 1 is 1.25 bits per heavy atom. The number of carbonyl (C=O) groups is 1. The van der Waals surface area contributed by atoms with E-state index in [1.165, 1.54) is 19.5 Å². The van der Waals surface area contributed by atoms with Crippen LogP contribution >= 0.6 is 0 Å². The Balaban J connectivity index is 1.74. The van der Waals surface area contributed by atoms with Crippen molar-refractivity contribution in [2.75, 3.05) is 39.3 Å². The summed E-state index contributed by atoms with van der Waals surface area (Å²) in [6, 6.07) is 0. The largest absolute Gasteiger partial charge is 0.448 e. The highest BCUT2D eigenvalue weighted by atomic mass is 16.6. The molecule has 16 heavy (non-hydrogen) atoms. The number of nitrogens with zero attached hydrogens (tertiary/aromatic N) is 2. The number of hydrogen-bond acceptors (Lipinski definition) is 3. The van der Waals surface area contributed by atoms with Crippen LogP contribution in [0.5, 0.6) is 0 Å². The summed E-state index contributed by atoms with van der Waals surface area (Å²) in [5.41, 5.74) is 0. The normalized spacial score (nSPS) is 31.9. The average molecular weight is 226 g/mol. The van der Waals surface area contributed by atoms with Gasteiger partial charge in [-0.25, -0.2) is 4.79 Å². The minimum Gasteiger partial charge on any atom is -0.448 e. The summed E-state index contributed by atoms with van der Waals surface area (Å²) in [6.07, 6.45) is 1.19. The van der Waals surface area contributed by atoms with Gasteiger partial charge in [0.1, 0.15) is 6.61 Å². The fourth-order valence-corrected chi connectivity index (χ4v) is 2.87. The van der Waals surface area contributed by atoms with Crippen LogP contribution in [0.1, 0.15) is 20.3 Å². The Bertz CT molecular complexity index is 247. The molecule has 2 rings (SSSR count). The standard InChI is InChI=1S/C12H22N2O2/c1-10-7-11(2)9-13(8-10)3-4-14-5-6-16-12(14)15/h10-11H,3-9H2,1-2H3. The Kier molecular flexibility index (Phi) is 3.69. The van der Waals surface area contributed by atoms with Crippen LogP contribution in [0.25, 0.3) is 0 Å². The number of amides is 1. The Hall–Kier alpha value is -0.770. The number of ether oxygens (including phenoxy) is 1. The minimum atomic E-state index is -0.141. The zero-order valence-electron chi connectivity index (χ0n) is 10.3. The van der Waals surface area contributed by atoms with E-state index >= 15 is 0 Å². The molecule has 0 spiro atoms. The van der Waals surface area contributed by atoms with Crippen molar-refractivity contribution in [2.45, 2.75) is 20.3 Å². The molecule has 2 aliphatic rings. The summed E-state index contributed by atoms with van der Waals surface area (Å²) in [6.45, 7) is 10.1. The molecule has 0 N–H and O–H groups in total. The summed E-state index contributed by atoms with van der Waals surface area (Å²) in [5.74, 6) is 1.57. The van der Waals surface area contributed by atoms with Crippen LogP contribution in [0.4, 0.5) is 4.79 Å². The first-order valence-electron chi connectivity index (χ1n) is 6.29. The number of cyclic esters (lactones) is 1. The molecule has 0 aliphatic carbocycles. The molecule has 0 aromatic carbocycles. The molecule has 0 saturated carbocycles. The fourth-order valence-electron chi connectivity index (χ4n) is 2.87. The van der Waals surface area contributed by atoms with Crippen molar-refractivity contribution in [3.8, 4) is 0 Å². The van der Waals surface area contributed by atoms with Crippen LogP contribution in [0, 0.1) is 11.8 Å². The van der Waals surface area contributed by atoms with E-state index in [1.807, 2.05) is 4.90 Å². The molecule has 0 aromatic rings. The second kappa shape index (κ2) is 5.04. The highest BCUT2D eigenvalue weighted by molar-refractivity contribution is 5.69. The molecule has 2 heterocycles. The molecule has 2 saturated heterocycles. The van der Waals surface area contributed by atoms with Crippen molar-refractivity contribution in [3.05, 3.63) is 0 Å². The van der Waals surface area contributed by atoms with E-state index < -0.39 is 0 Å². The van der Waals surface area contributed by atoms with Crippen molar-refractivity contribution < 1.29 is 9.53 Å². The maximum atomic E-state index is 11.3. The van der Waals surface area contributed by atoms with Crippen molar-refractivity contribution in [1.82, 2.24) is 9.80 Å². The van der Waals surface area contributed by atoms with Crippen molar-refractivity contribution in [3.63, 3.8) is 0 Å². The van der Waals surface area contributed by atoms with Crippen molar-refractivity contribution >= 4 is 6.09 Å². The third kappa shape index (κ3) is 2.88. The Morgan fingerprint density at radius 3 is 2.50 bits per heavy atom. The molecular formula is C12H22N2O2. The lowest BCUT2D eigenvalue weighted by Crippen LogP contribution is -2.43. The Labute approximate surface area is 97.5 Å². The van der Waals surface area contributed by atoms with Crippen LogP contribution in [0.3, 0.4) is 0 Å². The smallest absolute Gasteiger partial charge is 0.409 e. The molecule has 4 heteroatoms. The molecule has 92 valence electrons. The first kappa shape index (κ1) is 11.7. The molecule has 2 fully saturated rings. The van der Waals surface area contributed by atoms with Gasteiger partial charge >= 0.3 is 6.09 Å². The number of likely N-dealkylation sites (tertiary alicyclic amines) is 1. The molecular weight excluding hydrogens is 204 g/mol. The van der Waals surface area contributed by atoms with Gasteiger partial charge in [-0.1, -0.05) is 13.8 Å². The molecule has 1 amide bonds. The third-order valence-electron chi connectivity index (χ3n) is 3.48. The van der Waals surface area contributed by atoms with Gasteiger partial charge in [-0.2, -0.15) is 0 Å². The van der Waals surface area contributed by atoms with Gasteiger partial charge in [0, 0.05) is 26.2 Å². The van der Waals surface area contributed by atoms with Crippen molar-refractivity contribution in [2.24, 2.45) is 11.8 Å². The number of rotatable bonds is 3. The van der Waals surface area contributed by atoms with Gasteiger partial charge in [-0.3, -0.25) is 0 Å². The van der Waals surface area contributed by atoms with Gasteiger partial charge < -0.3 is 14.5 Å². The topological polar surface area (TPSA) is 32.8 Å². The zero-order chi connectivity index (χ0) is 11.5. The predicted octanol–water partition coefficient (Wildman–Crippen LogP) is 1.42. The summed E-state index contributed by atoms with van der Waals surface area (Å²) in [7, 11) is 0. The first-order valence-corrected chi connectivity index (χ1v) is 6.29. The monoisotopic (exact) mass is 226 g/mol. The number of hydrogen-bond donors (Lipinski definition) is 0. The maximum absolute atomic E-state index is 11.3. The maximum Gasteiger partial charge on any atom is 0.409 e. The molecule has 0 radical (unpaired) electrons. The lowest BCUT2D eigenvalue weighted by molar-refractivity contribution is 0.124. The van der Waals surface area contributed by atoms with Crippen LogP contribution in [0.2, 0.25) is 0 Å². The van der Waals surface area contributed by atoms with Crippen LogP contribution in [-0.4, -0.2) is 55.2 Å². The van der Waals surface area contributed by atoms with Crippen LogP contribution < -0.4 is 0 Å². The van der Waals surface area contributed by atoms with Gasteiger partial charge in [0.25, 0.3) is 0 Å². The van der Waals surface area contributed by atoms with Crippen molar-refractivity contribution in [1.29, 1.82) is 0 Å². The van der Waals surface area contributed by atoms with E-state index in [-0.39, 0.29) is 6.09 Å². The van der Waals surface area contributed by atoms with Gasteiger partial charge in [0.2, 0.25) is 0 Å². The number of carbonyl (C=O) groups excluding carboxylic acids is 1. The van der Waals surface area contributed by atoms with E-state index in [9.17, 15) is 4.79 Å². The lowest BCUT2D eigenvalue weighted by Gasteiger charge is -2.35. The second-order valence-electron chi connectivity index (χ2n) is 5.31. The highest BCUT2D eigenvalue weighted by Crippen LogP contribution is 2.20. The zero-order valence-corrected chi connectivity index (χ0v) is 10.3. The predicted molar refractivity (Wildman–Crippen MR) is 62.3 cm³/mol.